The van der Waals surface area contributed by atoms with Gasteiger partial charge in [-0.25, -0.2) is 9.18 Å². The molecule has 0 saturated carbocycles. The van der Waals surface area contributed by atoms with E-state index in [0.29, 0.717) is 23.4 Å². The van der Waals surface area contributed by atoms with Gasteiger partial charge in [0.2, 0.25) is 0 Å². The van der Waals surface area contributed by atoms with Crippen molar-refractivity contribution >= 4 is 6.09 Å². The Morgan fingerprint density at radius 3 is 2.55 bits per heavy atom. The van der Waals surface area contributed by atoms with Gasteiger partial charge in [0.05, 0.1) is 11.7 Å². The van der Waals surface area contributed by atoms with Crippen LogP contribution in [0.1, 0.15) is 43.9 Å². The maximum atomic E-state index is 13.5. The van der Waals surface area contributed by atoms with E-state index in [1.165, 1.54) is 17.0 Å². The van der Waals surface area contributed by atoms with Gasteiger partial charge in [0, 0.05) is 23.9 Å². The number of likely N-dealkylation sites (tertiary alicyclic amines) is 1. The van der Waals surface area contributed by atoms with Crippen LogP contribution in [0.3, 0.4) is 0 Å². The molecule has 1 aliphatic heterocycles. The molecule has 2 aromatic rings. The Morgan fingerprint density at radius 2 is 1.97 bits per heavy atom. The van der Waals surface area contributed by atoms with Crippen LogP contribution >= 0.6 is 0 Å². The molecular weight excluding hydrogens is 371 g/mol. The molecule has 6 heteroatoms. The first-order valence-electron chi connectivity index (χ1n) is 9.48. The Balaban J connectivity index is 1.77. The largest absolute Gasteiger partial charge is 0.489 e. The Hall–Kier alpha value is -3.07. The molecule has 1 aromatic carbocycles. The van der Waals surface area contributed by atoms with E-state index < -0.39 is 11.6 Å². The number of benzene rings is 1. The van der Waals surface area contributed by atoms with Crippen molar-refractivity contribution in [1.82, 2.24) is 9.88 Å². The molecule has 1 aromatic heterocycles. The molecule has 5 nitrogen and oxygen atoms in total. The van der Waals surface area contributed by atoms with Crippen LogP contribution in [0.5, 0.6) is 5.75 Å². The number of amides is 1. The average molecular weight is 396 g/mol. The molecule has 29 heavy (non-hydrogen) atoms. The van der Waals surface area contributed by atoms with E-state index in [4.69, 9.17) is 4.74 Å². The number of hydrogen-bond acceptors (Lipinski definition) is 3. The van der Waals surface area contributed by atoms with Crippen molar-refractivity contribution in [3.8, 4) is 17.6 Å². The third-order valence-corrected chi connectivity index (χ3v) is 5.48. The normalized spacial score (nSPS) is 18.4. The summed E-state index contributed by atoms with van der Waals surface area (Å²) in [4.78, 5) is 17.2. The molecule has 152 valence electrons. The second kappa shape index (κ2) is 7.75. The van der Waals surface area contributed by atoms with Crippen LogP contribution < -0.4 is 4.74 Å². The minimum atomic E-state index is -0.932. The summed E-state index contributed by atoms with van der Waals surface area (Å²) in [6.45, 7) is 8.62. The van der Waals surface area contributed by atoms with Gasteiger partial charge in [-0.05, 0) is 48.6 Å². The lowest BCUT2D eigenvalue weighted by Crippen LogP contribution is -2.70. The maximum Gasteiger partial charge on any atom is 0.407 e. The molecule has 1 aliphatic rings. The molecule has 1 saturated heterocycles. The number of carboxylic acid groups (broad SMARTS) is 1. The van der Waals surface area contributed by atoms with Gasteiger partial charge in [-0.3, -0.25) is 9.88 Å². The van der Waals surface area contributed by atoms with E-state index in [-0.39, 0.29) is 17.8 Å². The van der Waals surface area contributed by atoms with E-state index in [1.54, 1.807) is 18.5 Å². The second-order valence-corrected chi connectivity index (χ2v) is 8.43. The topological polar surface area (TPSA) is 62.7 Å². The quantitative estimate of drug-likeness (QED) is 0.778. The Labute approximate surface area is 170 Å². The monoisotopic (exact) mass is 396 g/mol. The van der Waals surface area contributed by atoms with E-state index in [9.17, 15) is 14.3 Å². The smallest absolute Gasteiger partial charge is 0.407 e. The zero-order valence-electron chi connectivity index (χ0n) is 17.1. The molecule has 0 aliphatic carbocycles. The van der Waals surface area contributed by atoms with E-state index in [1.807, 2.05) is 33.8 Å². The molecule has 0 spiro atoms. The summed E-state index contributed by atoms with van der Waals surface area (Å²) in [5, 5.41) is 9.50. The number of nitrogens with zero attached hydrogens (tertiary/aromatic N) is 2. The number of aromatic nitrogens is 1. The summed E-state index contributed by atoms with van der Waals surface area (Å²) in [5.41, 5.74) is 1.18. The first kappa shape index (κ1) is 20.7. The predicted octanol–water partition coefficient (Wildman–Crippen LogP) is 4.48. The van der Waals surface area contributed by atoms with Gasteiger partial charge < -0.3 is 9.84 Å². The molecule has 0 bridgehead atoms. The lowest BCUT2D eigenvalue weighted by molar-refractivity contribution is -0.0962. The summed E-state index contributed by atoms with van der Waals surface area (Å²) < 4.78 is 19.5. The fourth-order valence-electron chi connectivity index (χ4n) is 3.64. The molecule has 1 N–H and O–H groups in total. The van der Waals surface area contributed by atoms with Gasteiger partial charge in [-0.2, -0.15) is 0 Å². The molecule has 1 atom stereocenters. The summed E-state index contributed by atoms with van der Waals surface area (Å²) in [5.74, 6) is 6.12. The molecule has 0 unspecified atom stereocenters. The van der Waals surface area contributed by atoms with E-state index >= 15 is 0 Å². The SMILES string of the molecule is Cc1cc(F)cc(C#Cc2cncc(OC[C@@]3(C(C)(C)C)CCN3C(=O)O)c2)c1. The second-order valence-electron chi connectivity index (χ2n) is 8.43. The molecular formula is C23H25FN2O3. The van der Waals surface area contributed by atoms with Gasteiger partial charge in [0.1, 0.15) is 18.2 Å². The van der Waals surface area contributed by atoms with Crippen LogP contribution in [0.4, 0.5) is 9.18 Å². The Morgan fingerprint density at radius 1 is 1.24 bits per heavy atom. The number of rotatable bonds is 3. The summed E-state index contributed by atoms with van der Waals surface area (Å²) in [7, 11) is 0. The number of carbonyl (C=O) groups is 1. The lowest BCUT2D eigenvalue weighted by atomic mass is 9.66. The first-order chi connectivity index (χ1) is 13.6. The van der Waals surface area contributed by atoms with Crippen molar-refractivity contribution < 1.29 is 19.0 Å². The molecule has 1 amide bonds. The fraction of sp³-hybridized carbons (Fsp3) is 0.391. The van der Waals surface area contributed by atoms with Crippen molar-refractivity contribution in [3.05, 3.63) is 59.2 Å². The first-order valence-corrected chi connectivity index (χ1v) is 9.48. The molecule has 2 heterocycles. The number of halogens is 1. The van der Waals surface area contributed by atoms with Crippen LogP contribution in [0.15, 0.2) is 36.7 Å². The molecule has 3 rings (SSSR count). The van der Waals surface area contributed by atoms with Gasteiger partial charge in [-0.15, -0.1) is 0 Å². The van der Waals surface area contributed by atoms with Gasteiger partial charge in [0.15, 0.2) is 0 Å². The highest BCUT2D eigenvalue weighted by Gasteiger charge is 2.55. The predicted molar refractivity (Wildman–Crippen MR) is 108 cm³/mol. The number of pyridine rings is 1. The van der Waals surface area contributed by atoms with Crippen molar-refractivity contribution in [2.45, 2.75) is 39.7 Å². The van der Waals surface area contributed by atoms with E-state index in [0.717, 1.165) is 12.0 Å². The maximum absolute atomic E-state index is 13.5. The van der Waals surface area contributed by atoms with Crippen molar-refractivity contribution in [1.29, 1.82) is 0 Å². The highest BCUT2D eigenvalue weighted by Crippen LogP contribution is 2.45. The van der Waals surface area contributed by atoms with Crippen LogP contribution in [0.2, 0.25) is 0 Å². The number of hydrogen-bond donors (Lipinski definition) is 1. The van der Waals surface area contributed by atoms with Crippen LogP contribution in [0, 0.1) is 30.0 Å². The van der Waals surface area contributed by atoms with Crippen LogP contribution in [-0.4, -0.2) is 39.8 Å². The zero-order valence-corrected chi connectivity index (χ0v) is 17.1. The fourth-order valence-corrected chi connectivity index (χ4v) is 3.64. The van der Waals surface area contributed by atoms with Crippen LogP contribution in [0.25, 0.3) is 0 Å². The summed E-state index contributed by atoms with van der Waals surface area (Å²) in [6.07, 6.45) is 3.00. The Kier molecular flexibility index (Phi) is 5.52. The van der Waals surface area contributed by atoms with Crippen molar-refractivity contribution in [2.24, 2.45) is 5.41 Å². The van der Waals surface area contributed by atoms with E-state index in [2.05, 4.69) is 16.8 Å². The van der Waals surface area contributed by atoms with Gasteiger partial charge in [0.25, 0.3) is 0 Å². The van der Waals surface area contributed by atoms with Crippen molar-refractivity contribution in [2.75, 3.05) is 13.2 Å². The Bertz CT molecular complexity index is 967. The van der Waals surface area contributed by atoms with Gasteiger partial charge >= 0.3 is 6.09 Å². The van der Waals surface area contributed by atoms with Crippen molar-refractivity contribution in [3.63, 3.8) is 0 Å². The zero-order chi connectivity index (χ0) is 21.2. The third kappa shape index (κ3) is 4.34. The minimum absolute atomic E-state index is 0.241. The summed E-state index contributed by atoms with van der Waals surface area (Å²) in [6, 6.07) is 6.41. The average Bonchev–Trinajstić information content (AvgIpc) is 2.57. The summed E-state index contributed by atoms with van der Waals surface area (Å²) >= 11 is 0. The third-order valence-electron chi connectivity index (χ3n) is 5.48. The van der Waals surface area contributed by atoms with Gasteiger partial charge in [-0.1, -0.05) is 32.6 Å². The lowest BCUT2D eigenvalue weighted by Gasteiger charge is -2.57. The number of ether oxygens (including phenoxy) is 1. The van der Waals surface area contributed by atoms with Crippen LogP contribution in [-0.2, 0) is 0 Å². The highest BCUT2D eigenvalue weighted by atomic mass is 19.1. The standard InChI is InChI=1S/C23H25FN2O3/c1-16-9-17(11-19(24)10-16)5-6-18-12-20(14-25-13-18)29-15-23(22(2,3)4)7-8-26(23)21(27)28/h9-14H,7-8,15H2,1-4H3,(H,27,28)/t23-/m1/s1. The highest BCUT2D eigenvalue weighted by molar-refractivity contribution is 5.68. The molecule has 0 radical (unpaired) electrons. The minimum Gasteiger partial charge on any atom is -0.489 e. The number of aryl methyl sites for hydroxylation is 1. The molecule has 1 fully saturated rings.